The number of aromatic nitrogens is 3. The highest BCUT2D eigenvalue weighted by Crippen LogP contribution is 2.38. The molecule has 0 aliphatic carbocycles. The largest absolute Gasteiger partial charge is 0.475 e. The summed E-state index contributed by atoms with van der Waals surface area (Å²) in [5, 5.41) is 1.22. The summed E-state index contributed by atoms with van der Waals surface area (Å²) >= 11 is 0. The van der Waals surface area contributed by atoms with Crippen molar-refractivity contribution in [2.45, 2.75) is 0 Å². The van der Waals surface area contributed by atoms with E-state index in [1.807, 2.05) is 0 Å². The fraction of sp³-hybridized carbons (Fsp3) is 0.188. The Morgan fingerprint density at radius 3 is 3.09 bits per heavy atom. The van der Waals surface area contributed by atoms with Crippen molar-refractivity contribution in [2.75, 3.05) is 18.1 Å². The molecule has 3 aromatic rings. The summed E-state index contributed by atoms with van der Waals surface area (Å²) in [6.07, 6.45) is 3.57. The summed E-state index contributed by atoms with van der Waals surface area (Å²) in [4.78, 5) is 15.1. The van der Waals surface area contributed by atoms with Gasteiger partial charge < -0.3 is 14.2 Å². The quantitative estimate of drug-likeness (QED) is 0.690. The average molecular weight is 291 g/mol. The number of fused-ring (bicyclic) bond motifs is 1. The van der Waals surface area contributed by atoms with E-state index in [1.54, 1.807) is 0 Å². The predicted molar refractivity (Wildman–Crippen MR) is 84.0 cm³/mol. The van der Waals surface area contributed by atoms with Crippen molar-refractivity contribution in [3.8, 4) is 5.88 Å². The van der Waals surface area contributed by atoms with Crippen molar-refractivity contribution in [3.05, 3.63) is 42.4 Å². The first-order valence-electron chi connectivity index (χ1n) is 7.21. The Kier molecular flexibility index (Phi) is 2.17. The van der Waals surface area contributed by atoms with Crippen LogP contribution in [0.25, 0.3) is 10.9 Å². The van der Waals surface area contributed by atoms with Crippen molar-refractivity contribution in [2.24, 2.45) is 12.0 Å². The van der Waals surface area contributed by atoms with Crippen molar-refractivity contribution in [1.29, 1.82) is 0 Å². The standard InChI is InChI=1S/C16H13N5O/c1-20-5-4-10-8-11(2-3-12(10)20)21-6-7-22-16-13-14(17-9-18-16)19-15(13)21/h2-5,8-9H,6-7H2,1H3. The minimum absolute atomic E-state index is 0.579. The molecule has 6 nitrogen and oxygen atoms in total. The lowest BCUT2D eigenvalue weighted by molar-refractivity contribution is 0.319. The van der Waals surface area contributed by atoms with E-state index in [1.165, 1.54) is 17.2 Å². The lowest BCUT2D eigenvalue weighted by atomic mass is 10.1. The first kappa shape index (κ1) is 11.7. The van der Waals surface area contributed by atoms with E-state index < -0.39 is 0 Å². The van der Waals surface area contributed by atoms with Gasteiger partial charge in [-0.2, -0.15) is 0 Å². The normalized spacial score (nSPS) is 15.7. The van der Waals surface area contributed by atoms with Crippen molar-refractivity contribution in [1.82, 2.24) is 14.5 Å². The Labute approximate surface area is 126 Å². The number of anilines is 1. The lowest BCUT2D eigenvalue weighted by Gasteiger charge is -2.28. The zero-order valence-corrected chi connectivity index (χ0v) is 12.0. The summed E-state index contributed by atoms with van der Waals surface area (Å²) < 4.78 is 7.84. The molecular weight excluding hydrogens is 278 g/mol. The Morgan fingerprint density at radius 1 is 1.18 bits per heavy atom. The van der Waals surface area contributed by atoms with Gasteiger partial charge in [-0.15, -0.1) is 0 Å². The molecule has 2 aromatic heterocycles. The van der Waals surface area contributed by atoms with Gasteiger partial charge in [0.2, 0.25) is 5.88 Å². The van der Waals surface area contributed by atoms with Crippen LogP contribution in [0.5, 0.6) is 5.88 Å². The zero-order chi connectivity index (χ0) is 14.7. The van der Waals surface area contributed by atoms with Crippen LogP contribution in [-0.2, 0) is 7.05 Å². The highest BCUT2D eigenvalue weighted by atomic mass is 16.5. The molecule has 0 radical (unpaired) electrons. The molecule has 108 valence electrons. The van der Waals surface area contributed by atoms with E-state index in [9.17, 15) is 0 Å². The van der Waals surface area contributed by atoms with E-state index >= 15 is 0 Å². The second-order valence-corrected chi connectivity index (χ2v) is 5.48. The number of nitrogens with zero attached hydrogens (tertiary/aromatic N) is 5. The fourth-order valence-electron chi connectivity index (χ4n) is 3.08. The minimum atomic E-state index is 0.579. The highest BCUT2D eigenvalue weighted by molar-refractivity contribution is 6.20. The second-order valence-electron chi connectivity index (χ2n) is 5.48. The number of aliphatic imine (C=N–C) groups is 1. The summed E-state index contributed by atoms with van der Waals surface area (Å²) in [6.45, 7) is 1.32. The van der Waals surface area contributed by atoms with Crippen LogP contribution in [0.2, 0.25) is 0 Å². The van der Waals surface area contributed by atoms with Crippen LogP contribution in [0.3, 0.4) is 0 Å². The number of hydrogen-bond acceptors (Lipinski definition) is 5. The fourth-order valence-corrected chi connectivity index (χ4v) is 3.08. The van der Waals surface area contributed by atoms with Gasteiger partial charge in [0, 0.05) is 29.8 Å². The van der Waals surface area contributed by atoms with Crippen molar-refractivity contribution in [3.63, 3.8) is 0 Å². The third-order valence-corrected chi connectivity index (χ3v) is 4.22. The molecule has 0 saturated heterocycles. The van der Waals surface area contributed by atoms with Gasteiger partial charge in [0.1, 0.15) is 18.5 Å². The van der Waals surface area contributed by atoms with Crippen LogP contribution in [0.4, 0.5) is 11.5 Å². The van der Waals surface area contributed by atoms with E-state index in [-0.39, 0.29) is 0 Å². The maximum Gasteiger partial charge on any atom is 0.230 e. The van der Waals surface area contributed by atoms with E-state index in [2.05, 4.69) is 61.9 Å². The van der Waals surface area contributed by atoms with Gasteiger partial charge >= 0.3 is 0 Å². The third kappa shape index (κ3) is 1.46. The number of rotatable bonds is 1. The predicted octanol–water partition coefficient (Wildman–Crippen LogP) is 2.26. The topological polar surface area (TPSA) is 55.5 Å². The average Bonchev–Trinajstić information content (AvgIpc) is 2.78. The van der Waals surface area contributed by atoms with Gasteiger partial charge in [-0.25, -0.2) is 15.0 Å². The molecule has 2 aliphatic rings. The Morgan fingerprint density at radius 2 is 2.14 bits per heavy atom. The number of benzene rings is 1. The molecule has 0 saturated carbocycles. The SMILES string of the molecule is Cn1ccc2cc(N3CCOc4ncnc5c4C3=N5)ccc21. The first-order chi connectivity index (χ1) is 10.8. The Bertz CT molecular complexity index is 943. The van der Waals surface area contributed by atoms with Gasteiger partial charge in [0.05, 0.1) is 6.54 Å². The minimum Gasteiger partial charge on any atom is -0.475 e. The molecule has 0 spiro atoms. The van der Waals surface area contributed by atoms with Crippen LogP contribution >= 0.6 is 0 Å². The number of amidine groups is 1. The molecule has 5 rings (SSSR count). The summed E-state index contributed by atoms with van der Waals surface area (Å²) in [6, 6.07) is 8.57. The molecule has 22 heavy (non-hydrogen) atoms. The van der Waals surface area contributed by atoms with Crippen LogP contribution in [-0.4, -0.2) is 33.5 Å². The molecular formula is C16H13N5O. The van der Waals surface area contributed by atoms with Crippen LogP contribution in [0.1, 0.15) is 5.56 Å². The lowest BCUT2D eigenvalue weighted by Crippen LogP contribution is -2.35. The monoisotopic (exact) mass is 291 g/mol. The molecule has 4 heterocycles. The van der Waals surface area contributed by atoms with Crippen molar-refractivity contribution < 1.29 is 4.74 Å². The van der Waals surface area contributed by atoms with E-state index in [0.717, 1.165) is 23.6 Å². The molecule has 2 aliphatic heterocycles. The molecule has 0 fully saturated rings. The van der Waals surface area contributed by atoms with Gasteiger partial charge in [0.15, 0.2) is 11.7 Å². The molecule has 6 heteroatoms. The maximum atomic E-state index is 5.73. The number of hydrogen-bond donors (Lipinski definition) is 0. The molecule has 0 atom stereocenters. The van der Waals surface area contributed by atoms with Gasteiger partial charge in [0.25, 0.3) is 0 Å². The van der Waals surface area contributed by atoms with Crippen molar-refractivity contribution >= 4 is 28.2 Å². The zero-order valence-electron chi connectivity index (χ0n) is 12.0. The van der Waals surface area contributed by atoms with Gasteiger partial charge in [-0.3, -0.25) is 0 Å². The molecule has 0 N–H and O–H groups in total. The third-order valence-electron chi connectivity index (χ3n) is 4.22. The number of ether oxygens (including phenoxy) is 1. The highest BCUT2D eigenvalue weighted by Gasteiger charge is 2.33. The van der Waals surface area contributed by atoms with Crippen LogP contribution in [0.15, 0.2) is 41.8 Å². The van der Waals surface area contributed by atoms with Crippen LogP contribution in [0, 0.1) is 0 Å². The molecule has 0 bridgehead atoms. The molecule has 1 aromatic carbocycles. The smallest absolute Gasteiger partial charge is 0.230 e. The first-order valence-corrected chi connectivity index (χ1v) is 7.21. The van der Waals surface area contributed by atoms with Gasteiger partial charge in [-0.1, -0.05) is 0 Å². The number of aryl methyl sites for hydroxylation is 1. The summed E-state index contributed by atoms with van der Waals surface area (Å²) in [5.74, 6) is 2.25. The second kappa shape index (κ2) is 4.07. The maximum absolute atomic E-state index is 5.73. The molecule has 0 unspecified atom stereocenters. The van der Waals surface area contributed by atoms with E-state index in [0.29, 0.717) is 18.3 Å². The summed E-state index contributed by atoms with van der Waals surface area (Å²) in [7, 11) is 2.05. The van der Waals surface area contributed by atoms with Crippen LogP contribution < -0.4 is 9.64 Å². The van der Waals surface area contributed by atoms with E-state index in [4.69, 9.17) is 4.74 Å². The Hall–Kier alpha value is -2.89. The summed E-state index contributed by atoms with van der Waals surface area (Å²) in [5.41, 5.74) is 3.26. The molecule has 0 amide bonds. The Balaban J connectivity index is 1.63. The van der Waals surface area contributed by atoms with Gasteiger partial charge in [-0.05, 0) is 24.3 Å².